The van der Waals surface area contributed by atoms with E-state index >= 15 is 0 Å². The number of fused-ring (bicyclic) bond motifs is 1. The van der Waals surface area contributed by atoms with E-state index in [1.54, 1.807) is 7.11 Å². The van der Waals surface area contributed by atoms with Crippen molar-refractivity contribution in [1.82, 2.24) is 19.5 Å². The van der Waals surface area contributed by atoms with Gasteiger partial charge in [0.25, 0.3) is 0 Å². The van der Waals surface area contributed by atoms with Crippen LogP contribution in [0.25, 0.3) is 11.2 Å². The van der Waals surface area contributed by atoms with Gasteiger partial charge in [0.05, 0.1) is 7.11 Å². The molecule has 2 aromatic rings. The Bertz CT molecular complexity index is 544. The van der Waals surface area contributed by atoms with Crippen molar-refractivity contribution in [3.63, 3.8) is 0 Å². The summed E-state index contributed by atoms with van der Waals surface area (Å²) in [6.07, 6.45) is 6.26. The van der Waals surface area contributed by atoms with Crippen molar-refractivity contribution in [3.05, 3.63) is 6.33 Å². The first kappa shape index (κ1) is 10.3. The molecule has 0 atom stereocenters. The second kappa shape index (κ2) is 3.87. The predicted molar refractivity (Wildman–Crippen MR) is 63.8 cm³/mol. The van der Waals surface area contributed by atoms with Gasteiger partial charge in [0.2, 0.25) is 11.8 Å². The van der Waals surface area contributed by atoms with Crippen LogP contribution in [-0.2, 0) is 0 Å². The van der Waals surface area contributed by atoms with E-state index in [1.165, 1.54) is 19.2 Å². The second-order valence-corrected chi connectivity index (χ2v) is 4.33. The number of nitrogen functional groups attached to an aromatic ring is 1. The minimum atomic E-state index is 0.416. The summed E-state index contributed by atoms with van der Waals surface area (Å²) >= 11 is 0. The normalized spacial score (nSPS) is 16.8. The van der Waals surface area contributed by atoms with E-state index in [4.69, 9.17) is 10.5 Å². The molecule has 0 unspecified atom stereocenters. The molecule has 0 radical (unpaired) electrons. The Morgan fingerprint density at radius 2 is 2.12 bits per heavy atom. The number of ether oxygens (including phenoxy) is 1. The van der Waals surface area contributed by atoms with Crippen LogP contribution in [0.15, 0.2) is 6.33 Å². The van der Waals surface area contributed by atoms with E-state index in [0.717, 1.165) is 18.5 Å². The third kappa shape index (κ3) is 1.51. The largest absolute Gasteiger partial charge is 0.479 e. The van der Waals surface area contributed by atoms with Crippen molar-refractivity contribution in [1.29, 1.82) is 0 Å². The molecule has 1 aliphatic carbocycles. The molecule has 0 saturated heterocycles. The highest BCUT2D eigenvalue weighted by Gasteiger charge is 2.23. The maximum Gasteiger partial charge on any atom is 0.245 e. The lowest BCUT2D eigenvalue weighted by Crippen LogP contribution is -2.09. The number of imidazole rings is 1. The number of rotatable bonds is 2. The van der Waals surface area contributed by atoms with E-state index < -0.39 is 0 Å². The molecule has 0 amide bonds. The summed E-state index contributed by atoms with van der Waals surface area (Å²) in [5, 5.41) is 0. The topological polar surface area (TPSA) is 78.8 Å². The molecule has 2 N–H and O–H groups in total. The third-order valence-electron chi connectivity index (χ3n) is 3.35. The van der Waals surface area contributed by atoms with Gasteiger partial charge in [-0.2, -0.15) is 4.98 Å². The highest BCUT2D eigenvalue weighted by molar-refractivity contribution is 5.79. The molecule has 0 spiro atoms. The van der Waals surface area contributed by atoms with Crippen molar-refractivity contribution in [2.24, 2.45) is 0 Å². The maximum atomic E-state index is 5.99. The van der Waals surface area contributed by atoms with Crippen LogP contribution in [0.3, 0.4) is 0 Å². The summed E-state index contributed by atoms with van der Waals surface area (Å²) < 4.78 is 7.20. The van der Waals surface area contributed by atoms with Crippen molar-refractivity contribution in [2.75, 3.05) is 12.8 Å². The molecular formula is C11H15N5O. The first-order valence-corrected chi connectivity index (χ1v) is 5.83. The summed E-state index contributed by atoms with van der Waals surface area (Å²) in [5.74, 6) is 0.990. The van der Waals surface area contributed by atoms with Crippen LogP contribution in [0.4, 0.5) is 5.95 Å². The van der Waals surface area contributed by atoms with E-state index in [0.29, 0.717) is 23.4 Å². The smallest absolute Gasteiger partial charge is 0.245 e. The first-order valence-electron chi connectivity index (χ1n) is 5.83. The lowest BCUT2D eigenvalue weighted by atomic mass is 10.2. The van der Waals surface area contributed by atoms with Crippen molar-refractivity contribution >= 4 is 17.1 Å². The molecule has 2 heterocycles. The van der Waals surface area contributed by atoms with Crippen LogP contribution in [0.1, 0.15) is 31.7 Å². The predicted octanol–water partition coefficient (Wildman–Crippen LogP) is 1.53. The molecule has 1 saturated carbocycles. The molecular weight excluding hydrogens is 218 g/mol. The fourth-order valence-electron chi connectivity index (χ4n) is 2.58. The Labute approximate surface area is 98.8 Å². The van der Waals surface area contributed by atoms with Gasteiger partial charge in [-0.1, -0.05) is 12.8 Å². The number of nitrogens with zero attached hydrogens (tertiary/aromatic N) is 4. The first-order chi connectivity index (χ1) is 8.31. The number of hydrogen-bond acceptors (Lipinski definition) is 5. The Kier molecular flexibility index (Phi) is 2.35. The summed E-state index contributed by atoms with van der Waals surface area (Å²) in [5.41, 5.74) is 7.42. The molecule has 90 valence electrons. The Hall–Kier alpha value is -1.85. The van der Waals surface area contributed by atoms with Gasteiger partial charge in [0, 0.05) is 6.04 Å². The summed E-state index contributed by atoms with van der Waals surface area (Å²) in [7, 11) is 1.58. The van der Waals surface area contributed by atoms with E-state index in [9.17, 15) is 0 Å². The van der Waals surface area contributed by atoms with Crippen LogP contribution < -0.4 is 10.5 Å². The Morgan fingerprint density at radius 1 is 1.35 bits per heavy atom. The molecule has 17 heavy (non-hydrogen) atoms. The molecule has 0 bridgehead atoms. The summed E-state index contributed by atoms with van der Waals surface area (Å²) in [6, 6.07) is 0.416. The summed E-state index contributed by atoms with van der Waals surface area (Å²) in [4.78, 5) is 12.6. The van der Waals surface area contributed by atoms with Gasteiger partial charge in [0.1, 0.15) is 6.33 Å². The molecule has 3 rings (SSSR count). The fraction of sp³-hybridized carbons (Fsp3) is 0.545. The minimum Gasteiger partial charge on any atom is -0.479 e. The van der Waals surface area contributed by atoms with Crippen molar-refractivity contribution in [2.45, 2.75) is 31.7 Å². The van der Waals surface area contributed by atoms with E-state index in [1.807, 2.05) is 4.57 Å². The van der Waals surface area contributed by atoms with Crippen LogP contribution in [0.2, 0.25) is 0 Å². The number of hydrogen-bond donors (Lipinski definition) is 1. The molecule has 0 aromatic carbocycles. The number of nitrogens with two attached hydrogens (primary N) is 1. The molecule has 6 nitrogen and oxygen atoms in total. The lowest BCUT2D eigenvalue weighted by Gasteiger charge is -2.13. The average molecular weight is 233 g/mol. The number of anilines is 1. The van der Waals surface area contributed by atoms with Crippen LogP contribution in [0, 0.1) is 0 Å². The Balaban J connectivity index is 2.20. The van der Waals surface area contributed by atoms with Gasteiger partial charge in [-0.05, 0) is 12.8 Å². The zero-order valence-electron chi connectivity index (χ0n) is 9.76. The third-order valence-corrected chi connectivity index (χ3v) is 3.35. The zero-order valence-corrected chi connectivity index (χ0v) is 9.76. The fourth-order valence-corrected chi connectivity index (χ4v) is 2.58. The summed E-state index contributed by atoms with van der Waals surface area (Å²) in [6.45, 7) is 0. The molecule has 1 aliphatic rings. The van der Waals surface area contributed by atoms with Gasteiger partial charge in [-0.15, -0.1) is 0 Å². The minimum absolute atomic E-state index is 0.416. The average Bonchev–Trinajstić information content (AvgIpc) is 2.93. The molecule has 6 heteroatoms. The molecule has 0 aliphatic heterocycles. The second-order valence-electron chi connectivity index (χ2n) is 4.33. The van der Waals surface area contributed by atoms with Crippen molar-refractivity contribution in [3.8, 4) is 5.88 Å². The zero-order chi connectivity index (χ0) is 11.8. The molecule has 1 fully saturated rings. The van der Waals surface area contributed by atoms with Gasteiger partial charge < -0.3 is 10.5 Å². The van der Waals surface area contributed by atoms with Gasteiger partial charge in [0.15, 0.2) is 11.2 Å². The molecule has 2 aromatic heterocycles. The van der Waals surface area contributed by atoms with E-state index in [-0.39, 0.29) is 0 Å². The van der Waals surface area contributed by atoms with E-state index in [2.05, 4.69) is 15.0 Å². The quantitative estimate of drug-likeness (QED) is 0.851. The Morgan fingerprint density at radius 3 is 2.82 bits per heavy atom. The number of aromatic nitrogens is 4. The van der Waals surface area contributed by atoms with Crippen LogP contribution in [-0.4, -0.2) is 26.6 Å². The SMILES string of the molecule is COc1ncnc2c1nc(N)n2C1CCCC1. The van der Waals surface area contributed by atoms with Crippen molar-refractivity contribution < 1.29 is 4.74 Å². The van der Waals surface area contributed by atoms with Gasteiger partial charge in [-0.3, -0.25) is 4.57 Å². The van der Waals surface area contributed by atoms with Crippen LogP contribution >= 0.6 is 0 Å². The lowest BCUT2D eigenvalue weighted by molar-refractivity contribution is 0.401. The monoisotopic (exact) mass is 233 g/mol. The maximum absolute atomic E-state index is 5.99. The van der Waals surface area contributed by atoms with Crippen LogP contribution in [0.5, 0.6) is 5.88 Å². The van der Waals surface area contributed by atoms with Gasteiger partial charge >= 0.3 is 0 Å². The standard InChI is InChI=1S/C11H15N5O/c1-17-10-8-9(13-6-14-10)16(11(12)15-8)7-4-2-3-5-7/h6-7H,2-5H2,1H3,(H2,12,15). The van der Waals surface area contributed by atoms with Gasteiger partial charge in [-0.25, -0.2) is 9.97 Å². The highest BCUT2D eigenvalue weighted by atomic mass is 16.5. The number of methoxy groups -OCH3 is 1. The highest BCUT2D eigenvalue weighted by Crippen LogP contribution is 2.35.